The Bertz CT molecular complexity index is 609. The first-order chi connectivity index (χ1) is 8.72. The number of benzene rings is 1. The van der Waals surface area contributed by atoms with Gasteiger partial charge in [-0.25, -0.2) is 4.68 Å². The lowest BCUT2D eigenvalue weighted by molar-refractivity contribution is 0.0953. The molecule has 0 aliphatic heterocycles. The van der Waals surface area contributed by atoms with Gasteiger partial charge in [0.25, 0.3) is 5.91 Å². The zero-order valence-corrected chi connectivity index (χ0v) is 9.63. The fourth-order valence-corrected chi connectivity index (χ4v) is 1.50. The average Bonchev–Trinajstić information content (AvgIpc) is 2.86. The van der Waals surface area contributed by atoms with Crippen LogP contribution in [0.1, 0.15) is 10.5 Å². The quantitative estimate of drug-likeness (QED) is 0.616. The molecule has 5 nitrogen and oxygen atoms in total. The van der Waals surface area contributed by atoms with E-state index in [1.54, 1.807) is 23.0 Å². The lowest BCUT2D eigenvalue weighted by Crippen LogP contribution is -2.24. The first-order valence-corrected chi connectivity index (χ1v) is 5.34. The van der Waals surface area contributed by atoms with Crippen molar-refractivity contribution in [2.75, 3.05) is 12.3 Å². The van der Waals surface area contributed by atoms with E-state index in [1.165, 1.54) is 0 Å². The van der Waals surface area contributed by atoms with E-state index < -0.39 is 0 Å². The van der Waals surface area contributed by atoms with Crippen LogP contribution in [-0.2, 0) is 0 Å². The van der Waals surface area contributed by atoms with E-state index >= 15 is 0 Å². The van der Waals surface area contributed by atoms with E-state index in [0.29, 0.717) is 11.4 Å². The Labute approximate surface area is 105 Å². The number of hydrogen-bond acceptors (Lipinski definition) is 3. The number of terminal acetylenes is 1. The highest BCUT2D eigenvalue weighted by Crippen LogP contribution is 2.15. The molecule has 0 atom stereocenters. The minimum absolute atomic E-state index is 0.180. The molecule has 90 valence electrons. The Kier molecular flexibility index (Phi) is 3.30. The molecule has 1 aromatic carbocycles. The van der Waals surface area contributed by atoms with Gasteiger partial charge in [-0.1, -0.05) is 18.1 Å². The van der Waals surface area contributed by atoms with Gasteiger partial charge in [-0.05, 0) is 18.2 Å². The monoisotopic (exact) mass is 240 g/mol. The highest BCUT2D eigenvalue weighted by molar-refractivity contribution is 5.92. The van der Waals surface area contributed by atoms with Crippen LogP contribution in [-0.4, -0.2) is 22.2 Å². The zero-order valence-electron chi connectivity index (χ0n) is 9.63. The van der Waals surface area contributed by atoms with Crippen molar-refractivity contribution in [3.05, 3.63) is 42.2 Å². The number of rotatable bonds is 3. The van der Waals surface area contributed by atoms with Gasteiger partial charge < -0.3 is 11.1 Å². The fourth-order valence-electron chi connectivity index (χ4n) is 1.50. The molecule has 0 aliphatic carbocycles. The van der Waals surface area contributed by atoms with E-state index in [9.17, 15) is 4.79 Å². The molecule has 0 bridgehead atoms. The highest BCUT2D eigenvalue weighted by Gasteiger charge is 2.09. The number of hydrogen-bond donors (Lipinski definition) is 2. The van der Waals surface area contributed by atoms with Crippen molar-refractivity contribution in [2.24, 2.45) is 0 Å². The maximum atomic E-state index is 11.6. The van der Waals surface area contributed by atoms with Crippen LogP contribution in [0.3, 0.4) is 0 Å². The molecule has 2 rings (SSSR count). The molecular weight excluding hydrogens is 228 g/mol. The molecule has 0 spiro atoms. The van der Waals surface area contributed by atoms with Crippen molar-refractivity contribution in [1.29, 1.82) is 0 Å². The molecule has 0 aliphatic rings. The Balaban J connectivity index is 2.24. The summed E-state index contributed by atoms with van der Waals surface area (Å²) in [5.41, 5.74) is 7.45. The van der Waals surface area contributed by atoms with Gasteiger partial charge in [-0.3, -0.25) is 4.79 Å². The molecule has 1 amide bonds. The van der Waals surface area contributed by atoms with Crippen LogP contribution < -0.4 is 11.1 Å². The number of anilines is 1. The first kappa shape index (κ1) is 11.7. The van der Waals surface area contributed by atoms with Crippen LogP contribution in [0.25, 0.3) is 5.69 Å². The van der Waals surface area contributed by atoms with Gasteiger partial charge >= 0.3 is 0 Å². The summed E-state index contributed by atoms with van der Waals surface area (Å²) in [6, 6.07) is 8.90. The molecule has 0 unspecified atom stereocenters. The van der Waals surface area contributed by atoms with Crippen LogP contribution in [0, 0.1) is 12.3 Å². The van der Waals surface area contributed by atoms with Crippen LogP contribution in [0.15, 0.2) is 36.5 Å². The van der Waals surface area contributed by atoms with Gasteiger partial charge in [-0.2, -0.15) is 5.10 Å². The summed E-state index contributed by atoms with van der Waals surface area (Å²) in [6.45, 7) is 0.180. The summed E-state index contributed by atoms with van der Waals surface area (Å²) in [5, 5.41) is 6.70. The number of nitrogens with zero attached hydrogens (tertiary/aromatic N) is 2. The summed E-state index contributed by atoms with van der Waals surface area (Å²) in [7, 11) is 0. The van der Waals surface area contributed by atoms with Gasteiger partial charge in [0.2, 0.25) is 0 Å². The Morgan fingerprint density at radius 3 is 2.94 bits per heavy atom. The second-order valence-electron chi connectivity index (χ2n) is 3.59. The number of amides is 1. The lowest BCUT2D eigenvalue weighted by Gasteiger charge is -2.04. The molecule has 18 heavy (non-hydrogen) atoms. The number of nitrogen functional groups attached to an aromatic ring is 1. The van der Waals surface area contributed by atoms with Crippen molar-refractivity contribution in [2.45, 2.75) is 0 Å². The maximum Gasteiger partial charge on any atom is 0.272 e. The second kappa shape index (κ2) is 5.06. The number of carbonyl (C=O) groups is 1. The minimum atomic E-state index is -0.304. The average molecular weight is 240 g/mol. The third-order valence-corrected chi connectivity index (χ3v) is 2.36. The number of carbonyl (C=O) groups excluding carboxylic acids is 1. The highest BCUT2D eigenvalue weighted by atomic mass is 16.1. The third kappa shape index (κ3) is 2.33. The molecule has 0 saturated carbocycles. The van der Waals surface area contributed by atoms with Crippen LogP contribution >= 0.6 is 0 Å². The summed E-state index contributed by atoms with van der Waals surface area (Å²) >= 11 is 0. The molecule has 0 fully saturated rings. The van der Waals surface area contributed by atoms with Crippen LogP contribution in [0.5, 0.6) is 0 Å². The largest absolute Gasteiger partial charge is 0.397 e. The number of para-hydroxylation sites is 2. The second-order valence-corrected chi connectivity index (χ2v) is 3.59. The molecule has 1 heterocycles. The first-order valence-electron chi connectivity index (χ1n) is 5.34. The summed E-state index contributed by atoms with van der Waals surface area (Å²) in [5.74, 6) is 2.02. The van der Waals surface area contributed by atoms with Gasteiger partial charge in [0.1, 0.15) is 0 Å². The smallest absolute Gasteiger partial charge is 0.272 e. The van der Waals surface area contributed by atoms with Crippen molar-refractivity contribution in [3.8, 4) is 18.0 Å². The maximum absolute atomic E-state index is 11.6. The van der Waals surface area contributed by atoms with Crippen LogP contribution in [0.4, 0.5) is 5.69 Å². The van der Waals surface area contributed by atoms with Crippen molar-refractivity contribution in [3.63, 3.8) is 0 Å². The van der Waals surface area contributed by atoms with Gasteiger partial charge in [0, 0.05) is 6.20 Å². The van der Waals surface area contributed by atoms with Gasteiger partial charge in [0.15, 0.2) is 5.69 Å². The Hall–Kier alpha value is -2.74. The minimum Gasteiger partial charge on any atom is -0.397 e. The lowest BCUT2D eigenvalue weighted by atomic mass is 10.3. The van der Waals surface area contributed by atoms with E-state index in [2.05, 4.69) is 16.3 Å². The fraction of sp³-hybridized carbons (Fsp3) is 0.0769. The zero-order chi connectivity index (χ0) is 13.0. The molecule has 0 saturated heterocycles. The molecular formula is C13H12N4O. The number of nitrogens with two attached hydrogens (primary N) is 1. The standard InChI is InChI=1S/C13H12N4O/c1-2-8-15-13(18)11-7-9-17(16-11)12-6-4-3-5-10(12)14/h1,3-7,9H,8,14H2,(H,15,18). The van der Waals surface area contributed by atoms with Crippen molar-refractivity contribution < 1.29 is 4.79 Å². The third-order valence-electron chi connectivity index (χ3n) is 2.36. The molecule has 0 radical (unpaired) electrons. The molecule has 1 aromatic heterocycles. The Morgan fingerprint density at radius 2 is 2.22 bits per heavy atom. The molecule has 5 heteroatoms. The summed E-state index contributed by atoms with van der Waals surface area (Å²) in [6.07, 6.45) is 6.74. The SMILES string of the molecule is C#CCNC(=O)c1ccn(-c2ccccc2N)n1. The predicted octanol–water partition coefficient (Wildman–Crippen LogP) is 0.818. The molecule has 3 N–H and O–H groups in total. The topological polar surface area (TPSA) is 72.9 Å². The van der Waals surface area contributed by atoms with E-state index in [-0.39, 0.29) is 12.5 Å². The molecule has 2 aromatic rings. The number of aromatic nitrogens is 2. The van der Waals surface area contributed by atoms with Gasteiger partial charge in [0.05, 0.1) is 17.9 Å². The summed E-state index contributed by atoms with van der Waals surface area (Å²) in [4.78, 5) is 11.6. The van der Waals surface area contributed by atoms with Crippen molar-refractivity contribution >= 4 is 11.6 Å². The van der Waals surface area contributed by atoms with Crippen molar-refractivity contribution in [1.82, 2.24) is 15.1 Å². The Morgan fingerprint density at radius 1 is 1.44 bits per heavy atom. The van der Waals surface area contributed by atoms with Gasteiger partial charge in [-0.15, -0.1) is 6.42 Å². The summed E-state index contributed by atoms with van der Waals surface area (Å²) < 4.78 is 1.56. The van der Waals surface area contributed by atoms with E-state index in [0.717, 1.165) is 5.69 Å². The van der Waals surface area contributed by atoms with Crippen LogP contribution in [0.2, 0.25) is 0 Å². The normalized spacial score (nSPS) is 9.72. The van der Waals surface area contributed by atoms with E-state index in [1.807, 2.05) is 18.2 Å². The number of nitrogens with one attached hydrogen (secondary N) is 1. The van der Waals surface area contributed by atoms with E-state index in [4.69, 9.17) is 12.2 Å². The predicted molar refractivity (Wildman–Crippen MR) is 69.1 cm³/mol.